The fourth-order valence-corrected chi connectivity index (χ4v) is 8.04. The van der Waals surface area contributed by atoms with Crippen LogP contribution in [0, 0.1) is 16.7 Å². The standard InChI is InChI=1S/C27H27Cl2N6O2P/c1-16(24-21(28)11-31-12-22(24)29)37-19-5-6-23-20(8-19)25(34-33-23)18-7-17(9-30)26(32-10-18)35-13-27(2,14-35)15-38(3,4)36/h5-8,10-12,16H,13-15H2,1-4H3,(H,33,34)/t16-/m1/s1. The van der Waals surface area contributed by atoms with Gasteiger partial charge >= 0.3 is 0 Å². The van der Waals surface area contributed by atoms with Gasteiger partial charge in [-0.3, -0.25) is 10.1 Å². The van der Waals surface area contributed by atoms with Crippen molar-refractivity contribution < 1.29 is 9.30 Å². The molecule has 1 N–H and O–H groups in total. The van der Waals surface area contributed by atoms with E-state index in [0.717, 1.165) is 29.6 Å². The summed E-state index contributed by atoms with van der Waals surface area (Å²) < 4.78 is 18.5. The van der Waals surface area contributed by atoms with Gasteiger partial charge in [0.05, 0.1) is 28.3 Å². The SMILES string of the molecule is C[C@@H](Oc1ccc2[nH]nc(-c3cnc(N4CC(C)(CP(C)(C)=O)C4)c(C#N)c3)c2c1)c1c(Cl)cncc1Cl. The van der Waals surface area contributed by atoms with E-state index in [1.807, 2.05) is 44.5 Å². The zero-order chi connectivity index (χ0) is 27.2. The van der Waals surface area contributed by atoms with Crippen LogP contribution in [0.4, 0.5) is 5.82 Å². The van der Waals surface area contributed by atoms with Crippen molar-refractivity contribution in [3.05, 3.63) is 64.0 Å². The summed E-state index contributed by atoms with van der Waals surface area (Å²) in [6.07, 6.45) is 5.08. The Kier molecular flexibility index (Phi) is 6.89. The van der Waals surface area contributed by atoms with Crippen molar-refractivity contribution in [1.82, 2.24) is 20.2 Å². The molecular weight excluding hydrogens is 542 g/mol. The number of anilines is 1. The van der Waals surface area contributed by atoms with E-state index in [1.165, 1.54) is 12.4 Å². The van der Waals surface area contributed by atoms with Crippen LogP contribution in [0.2, 0.25) is 10.0 Å². The number of hydrogen-bond acceptors (Lipinski definition) is 7. The molecule has 0 unspecified atom stereocenters. The molecule has 0 saturated carbocycles. The van der Waals surface area contributed by atoms with E-state index in [9.17, 15) is 9.83 Å². The number of nitrogens with zero attached hydrogens (tertiary/aromatic N) is 5. The first kappa shape index (κ1) is 26.5. The number of fused-ring (bicyclic) bond motifs is 1. The highest BCUT2D eigenvalue weighted by Gasteiger charge is 2.42. The third-order valence-corrected chi connectivity index (χ3v) is 8.74. The van der Waals surface area contributed by atoms with Crippen LogP contribution in [-0.2, 0) is 4.57 Å². The molecule has 3 aromatic heterocycles. The lowest BCUT2D eigenvalue weighted by atomic mass is 9.84. The number of aromatic nitrogens is 4. The fourth-order valence-electron chi connectivity index (χ4n) is 5.32. The molecule has 11 heteroatoms. The maximum atomic E-state index is 12.3. The molecule has 0 spiro atoms. The smallest absolute Gasteiger partial charge is 0.146 e. The number of pyridine rings is 2. The van der Waals surface area contributed by atoms with Gasteiger partial charge in [-0.1, -0.05) is 30.1 Å². The zero-order valence-electron chi connectivity index (χ0n) is 21.5. The lowest BCUT2D eigenvalue weighted by Gasteiger charge is -2.49. The van der Waals surface area contributed by atoms with Crippen LogP contribution < -0.4 is 9.64 Å². The molecule has 38 heavy (non-hydrogen) atoms. The minimum Gasteiger partial charge on any atom is -0.486 e. The molecule has 1 atom stereocenters. The summed E-state index contributed by atoms with van der Waals surface area (Å²) in [6, 6.07) is 9.72. The maximum absolute atomic E-state index is 12.3. The molecule has 1 aliphatic rings. The normalized spacial score (nSPS) is 15.7. The van der Waals surface area contributed by atoms with Crippen LogP contribution in [0.15, 0.2) is 42.9 Å². The summed E-state index contributed by atoms with van der Waals surface area (Å²) in [5, 5.41) is 19.1. The monoisotopic (exact) mass is 568 g/mol. The number of halogens is 2. The number of rotatable bonds is 7. The quantitative estimate of drug-likeness (QED) is 0.244. The van der Waals surface area contributed by atoms with E-state index in [4.69, 9.17) is 27.9 Å². The minimum absolute atomic E-state index is 0.0389. The molecule has 4 aromatic rings. The first-order valence-corrected chi connectivity index (χ1v) is 15.6. The van der Waals surface area contributed by atoms with E-state index >= 15 is 0 Å². The third kappa shape index (κ3) is 5.24. The number of nitriles is 1. The van der Waals surface area contributed by atoms with Gasteiger partial charge in [0.1, 0.15) is 29.4 Å². The van der Waals surface area contributed by atoms with Gasteiger partial charge in [0, 0.05) is 59.8 Å². The molecule has 0 bridgehead atoms. The van der Waals surface area contributed by atoms with Crippen molar-refractivity contribution in [3.63, 3.8) is 0 Å². The van der Waals surface area contributed by atoms with E-state index in [-0.39, 0.29) is 5.41 Å². The topological polar surface area (TPSA) is 108 Å². The summed E-state index contributed by atoms with van der Waals surface area (Å²) in [5.74, 6) is 1.25. The van der Waals surface area contributed by atoms with Gasteiger partial charge in [0.2, 0.25) is 0 Å². The molecule has 5 rings (SSSR count). The highest BCUT2D eigenvalue weighted by atomic mass is 35.5. The molecule has 4 heterocycles. The predicted octanol–water partition coefficient (Wildman–Crippen LogP) is 6.79. The first-order chi connectivity index (χ1) is 18.0. The Morgan fingerprint density at radius 1 is 1.21 bits per heavy atom. The molecule has 1 aromatic carbocycles. The van der Waals surface area contributed by atoms with Crippen LogP contribution in [-0.4, -0.2) is 52.7 Å². The lowest BCUT2D eigenvalue weighted by molar-refractivity contribution is 0.227. The number of benzene rings is 1. The number of H-pyrrole nitrogens is 1. The highest BCUT2D eigenvalue weighted by molar-refractivity contribution is 7.62. The van der Waals surface area contributed by atoms with Gasteiger partial charge in [-0.15, -0.1) is 0 Å². The second-order valence-corrected chi connectivity index (χ2v) is 14.9. The predicted molar refractivity (Wildman–Crippen MR) is 152 cm³/mol. The zero-order valence-corrected chi connectivity index (χ0v) is 23.9. The average molecular weight is 569 g/mol. The van der Waals surface area contributed by atoms with Crippen molar-refractivity contribution >= 4 is 47.1 Å². The molecule has 1 saturated heterocycles. The van der Waals surface area contributed by atoms with Crippen molar-refractivity contribution in [2.24, 2.45) is 5.41 Å². The number of ether oxygens (including phenoxy) is 1. The summed E-state index contributed by atoms with van der Waals surface area (Å²) >= 11 is 12.6. The number of hydrogen-bond donors (Lipinski definition) is 1. The summed E-state index contributed by atoms with van der Waals surface area (Å²) in [6.45, 7) is 9.09. The van der Waals surface area contributed by atoms with Crippen LogP contribution >= 0.6 is 30.3 Å². The maximum Gasteiger partial charge on any atom is 0.146 e. The van der Waals surface area contributed by atoms with Crippen molar-refractivity contribution in [1.29, 1.82) is 5.26 Å². The average Bonchev–Trinajstić information content (AvgIpc) is 3.24. The Morgan fingerprint density at radius 3 is 2.58 bits per heavy atom. The van der Waals surface area contributed by atoms with Gasteiger partial charge in [0.15, 0.2) is 0 Å². The third-order valence-electron chi connectivity index (χ3n) is 6.61. The van der Waals surface area contributed by atoms with Crippen molar-refractivity contribution in [2.45, 2.75) is 20.0 Å². The Morgan fingerprint density at radius 2 is 1.92 bits per heavy atom. The van der Waals surface area contributed by atoms with Gasteiger partial charge in [0.25, 0.3) is 0 Å². The van der Waals surface area contributed by atoms with Gasteiger partial charge in [-0.05, 0) is 44.5 Å². The Labute approximate surface area is 231 Å². The second kappa shape index (κ2) is 9.89. The first-order valence-electron chi connectivity index (χ1n) is 12.1. The fraction of sp³-hybridized carbons (Fsp3) is 0.333. The molecule has 0 aliphatic carbocycles. The van der Waals surface area contributed by atoms with E-state index in [1.54, 1.807) is 6.20 Å². The summed E-state index contributed by atoms with van der Waals surface area (Å²) in [4.78, 5) is 10.7. The van der Waals surface area contributed by atoms with Crippen LogP contribution in [0.3, 0.4) is 0 Å². The Hall–Kier alpha value is -3.11. The Balaban J connectivity index is 1.41. The number of aromatic amines is 1. The molecule has 0 radical (unpaired) electrons. The van der Waals surface area contributed by atoms with Gasteiger partial charge < -0.3 is 14.2 Å². The summed E-state index contributed by atoms with van der Waals surface area (Å²) in [5.41, 5.74) is 3.31. The minimum atomic E-state index is -2.14. The number of nitrogens with one attached hydrogen (secondary N) is 1. The second-order valence-electron chi connectivity index (χ2n) is 10.7. The van der Waals surface area contributed by atoms with E-state index in [0.29, 0.717) is 44.6 Å². The molecule has 196 valence electrons. The van der Waals surface area contributed by atoms with Crippen molar-refractivity contribution in [3.8, 4) is 23.1 Å². The van der Waals surface area contributed by atoms with Crippen LogP contribution in [0.25, 0.3) is 22.2 Å². The molecule has 0 amide bonds. The van der Waals surface area contributed by atoms with E-state index in [2.05, 4.69) is 38.1 Å². The Bertz CT molecular complexity index is 1600. The highest BCUT2D eigenvalue weighted by Crippen LogP contribution is 2.48. The molecular formula is C27H27Cl2N6O2P. The largest absolute Gasteiger partial charge is 0.486 e. The lowest BCUT2D eigenvalue weighted by Crippen LogP contribution is -2.57. The molecule has 1 aliphatic heterocycles. The van der Waals surface area contributed by atoms with Crippen LogP contribution in [0.5, 0.6) is 5.75 Å². The summed E-state index contributed by atoms with van der Waals surface area (Å²) in [7, 11) is -2.14. The van der Waals surface area contributed by atoms with E-state index < -0.39 is 13.2 Å². The van der Waals surface area contributed by atoms with Crippen molar-refractivity contribution in [2.75, 3.05) is 37.5 Å². The molecule has 1 fully saturated rings. The van der Waals surface area contributed by atoms with Crippen LogP contribution in [0.1, 0.15) is 31.1 Å². The molecule has 8 nitrogen and oxygen atoms in total. The van der Waals surface area contributed by atoms with Gasteiger partial charge in [-0.25, -0.2) is 4.98 Å². The van der Waals surface area contributed by atoms with Gasteiger partial charge in [-0.2, -0.15) is 10.4 Å².